The van der Waals surface area contributed by atoms with Gasteiger partial charge in [0.2, 0.25) is 5.91 Å². The second-order valence-electron chi connectivity index (χ2n) is 6.41. The van der Waals surface area contributed by atoms with Crippen molar-refractivity contribution in [1.82, 2.24) is 10.6 Å². The zero-order chi connectivity index (χ0) is 12.0. The second kappa shape index (κ2) is 3.73. The molecule has 1 aliphatic carbocycles. The first-order valence-electron chi connectivity index (χ1n) is 6.38. The molecule has 92 valence electrons. The van der Waals surface area contributed by atoms with Crippen LogP contribution >= 0.6 is 0 Å². The van der Waals surface area contributed by atoms with Gasteiger partial charge in [0, 0.05) is 18.5 Å². The first kappa shape index (κ1) is 11.9. The Bertz CT molecular complexity index is 276. The lowest BCUT2D eigenvalue weighted by Crippen LogP contribution is -2.38. The van der Waals surface area contributed by atoms with Gasteiger partial charge < -0.3 is 10.6 Å². The Morgan fingerprint density at radius 3 is 2.38 bits per heavy atom. The lowest BCUT2D eigenvalue weighted by atomic mass is 10.0. The molecule has 2 fully saturated rings. The number of rotatable bonds is 3. The standard InChI is InChI=1S/C13H24N2O/c1-12(2)10(13(12,3)4)11(16)15-8-9-6-5-7-14-9/h9-10,14H,5-8H2,1-4H3,(H,15,16). The van der Waals surface area contributed by atoms with Gasteiger partial charge in [0.05, 0.1) is 0 Å². The summed E-state index contributed by atoms with van der Waals surface area (Å²) < 4.78 is 0. The Balaban J connectivity index is 1.81. The number of hydrogen-bond donors (Lipinski definition) is 2. The molecule has 2 rings (SSSR count). The van der Waals surface area contributed by atoms with Gasteiger partial charge in [-0.05, 0) is 30.2 Å². The van der Waals surface area contributed by atoms with E-state index in [1.807, 2.05) is 0 Å². The third-order valence-electron chi connectivity index (χ3n) is 4.97. The molecule has 0 aromatic carbocycles. The third kappa shape index (κ3) is 1.75. The molecule has 1 amide bonds. The van der Waals surface area contributed by atoms with E-state index in [9.17, 15) is 4.79 Å². The highest BCUT2D eigenvalue weighted by molar-refractivity contribution is 5.84. The minimum atomic E-state index is 0.153. The van der Waals surface area contributed by atoms with Crippen molar-refractivity contribution in [2.24, 2.45) is 16.7 Å². The molecule has 2 aliphatic rings. The summed E-state index contributed by atoms with van der Waals surface area (Å²) in [5.41, 5.74) is 0.306. The SMILES string of the molecule is CC1(C)C(C(=O)NCC2CCCN2)C1(C)C. The molecule has 0 aromatic rings. The van der Waals surface area contributed by atoms with E-state index in [2.05, 4.69) is 38.3 Å². The van der Waals surface area contributed by atoms with Crippen LogP contribution in [0.1, 0.15) is 40.5 Å². The minimum absolute atomic E-state index is 0.153. The first-order chi connectivity index (χ1) is 7.37. The maximum absolute atomic E-state index is 12.1. The van der Waals surface area contributed by atoms with E-state index in [1.54, 1.807) is 0 Å². The summed E-state index contributed by atoms with van der Waals surface area (Å²) >= 11 is 0. The van der Waals surface area contributed by atoms with Gasteiger partial charge in [-0.15, -0.1) is 0 Å². The molecule has 1 saturated heterocycles. The van der Waals surface area contributed by atoms with Crippen molar-refractivity contribution in [1.29, 1.82) is 0 Å². The van der Waals surface area contributed by atoms with Gasteiger partial charge >= 0.3 is 0 Å². The molecular weight excluding hydrogens is 200 g/mol. The van der Waals surface area contributed by atoms with E-state index in [-0.39, 0.29) is 22.7 Å². The van der Waals surface area contributed by atoms with Crippen LogP contribution in [0.2, 0.25) is 0 Å². The zero-order valence-corrected chi connectivity index (χ0v) is 10.9. The van der Waals surface area contributed by atoms with Crippen LogP contribution in [0.5, 0.6) is 0 Å². The Hall–Kier alpha value is -0.570. The summed E-state index contributed by atoms with van der Waals surface area (Å²) in [6, 6.07) is 0.494. The van der Waals surface area contributed by atoms with Crippen LogP contribution in [0.15, 0.2) is 0 Å². The molecule has 0 spiro atoms. The Kier molecular flexibility index (Phi) is 2.77. The summed E-state index contributed by atoms with van der Waals surface area (Å²) in [7, 11) is 0. The number of carbonyl (C=O) groups is 1. The van der Waals surface area contributed by atoms with E-state index in [4.69, 9.17) is 0 Å². The topological polar surface area (TPSA) is 41.1 Å². The molecule has 1 heterocycles. The molecule has 1 aliphatic heterocycles. The summed E-state index contributed by atoms with van der Waals surface area (Å²) in [5, 5.41) is 6.49. The Labute approximate surface area is 98.4 Å². The highest BCUT2D eigenvalue weighted by Gasteiger charge is 2.68. The van der Waals surface area contributed by atoms with Crippen LogP contribution in [0.3, 0.4) is 0 Å². The monoisotopic (exact) mass is 224 g/mol. The number of amides is 1. The molecular formula is C13H24N2O. The van der Waals surface area contributed by atoms with Gasteiger partial charge in [-0.2, -0.15) is 0 Å². The molecule has 2 N–H and O–H groups in total. The normalized spacial score (nSPS) is 31.4. The fourth-order valence-electron chi connectivity index (χ4n) is 3.11. The van der Waals surface area contributed by atoms with Crippen LogP contribution in [0.4, 0.5) is 0 Å². The van der Waals surface area contributed by atoms with Crippen LogP contribution < -0.4 is 10.6 Å². The van der Waals surface area contributed by atoms with Crippen molar-refractivity contribution in [3.8, 4) is 0 Å². The van der Waals surface area contributed by atoms with Crippen molar-refractivity contribution in [2.45, 2.75) is 46.6 Å². The van der Waals surface area contributed by atoms with Gasteiger partial charge in [0.25, 0.3) is 0 Å². The van der Waals surface area contributed by atoms with E-state index in [1.165, 1.54) is 12.8 Å². The minimum Gasteiger partial charge on any atom is -0.354 e. The van der Waals surface area contributed by atoms with Crippen LogP contribution in [-0.4, -0.2) is 25.0 Å². The smallest absolute Gasteiger partial charge is 0.224 e. The van der Waals surface area contributed by atoms with Crippen molar-refractivity contribution < 1.29 is 4.79 Å². The predicted octanol–water partition coefficient (Wildman–Crippen LogP) is 1.54. The van der Waals surface area contributed by atoms with Crippen molar-refractivity contribution >= 4 is 5.91 Å². The van der Waals surface area contributed by atoms with E-state index in [0.29, 0.717) is 6.04 Å². The predicted molar refractivity (Wildman–Crippen MR) is 65.1 cm³/mol. The van der Waals surface area contributed by atoms with Gasteiger partial charge in [-0.1, -0.05) is 27.7 Å². The van der Waals surface area contributed by atoms with Crippen LogP contribution in [-0.2, 0) is 4.79 Å². The van der Waals surface area contributed by atoms with Gasteiger partial charge in [0.1, 0.15) is 0 Å². The Morgan fingerprint density at radius 2 is 1.94 bits per heavy atom. The zero-order valence-electron chi connectivity index (χ0n) is 10.9. The fraction of sp³-hybridized carbons (Fsp3) is 0.923. The lowest BCUT2D eigenvalue weighted by Gasteiger charge is -2.12. The molecule has 0 aromatic heterocycles. The Morgan fingerprint density at radius 1 is 1.31 bits per heavy atom. The highest BCUT2D eigenvalue weighted by atomic mass is 16.2. The molecule has 3 nitrogen and oxygen atoms in total. The molecule has 1 saturated carbocycles. The number of hydrogen-bond acceptors (Lipinski definition) is 2. The van der Waals surface area contributed by atoms with E-state index in [0.717, 1.165) is 13.1 Å². The van der Waals surface area contributed by atoms with Gasteiger partial charge in [-0.25, -0.2) is 0 Å². The van der Waals surface area contributed by atoms with Gasteiger partial charge in [-0.3, -0.25) is 4.79 Å². The molecule has 16 heavy (non-hydrogen) atoms. The maximum atomic E-state index is 12.1. The average Bonchev–Trinajstić information content (AvgIpc) is 2.61. The first-order valence-corrected chi connectivity index (χ1v) is 6.38. The summed E-state index contributed by atoms with van der Waals surface area (Å²) in [6.45, 7) is 10.6. The van der Waals surface area contributed by atoms with Crippen molar-refractivity contribution in [2.75, 3.05) is 13.1 Å². The largest absolute Gasteiger partial charge is 0.354 e. The van der Waals surface area contributed by atoms with Crippen molar-refractivity contribution in [3.05, 3.63) is 0 Å². The molecule has 0 radical (unpaired) electrons. The lowest BCUT2D eigenvalue weighted by molar-refractivity contribution is -0.123. The second-order valence-corrected chi connectivity index (χ2v) is 6.41. The number of nitrogens with one attached hydrogen (secondary N) is 2. The third-order valence-corrected chi connectivity index (χ3v) is 4.97. The summed E-state index contributed by atoms with van der Waals surface area (Å²) in [6.07, 6.45) is 2.43. The average molecular weight is 224 g/mol. The van der Waals surface area contributed by atoms with Crippen LogP contribution in [0.25, 0.3) is 0 Å². The molecule has 3 heteroatoms. The fourth-order valence-corrected chi connectivity index (χ4v) is 3.11. The molecule has 0 bridgehead atoms. The van der Waals surface area contributed by atoms with E-state index < -0.39 is 0 Å². The van der Waals surface area contributed by atoms with Crippen molar-refractivity contribution in [3.63, 3.8) is 0 Å². The molecule has 1 atom stereocenters. The quantitative estimate of drug-likeness (QED) is 0.763. The maximum Gasteiger partial charge on any atom is 0.224 e. The van der Waals surface area contributed by atoms with Crippen LogP contribution in [0, 0.1) is 16.7 Å². The number of carbonyl (C=O) groups excluding carboxylic acids is 1. The van der Waals surface area contributed by atoms with Gasteiger partial charge in [0.15, 0.2) is 0 Å². The molecule has 1 unspecified atom stereocenters. The summed E-state index contributed by atoms with van der Waals surface area (Å²) in [4.78, 5) is 12.1. The highest BCUT2D eigenvalue weighted by Crippen LogP contribution is 2.68. The van der Waals surface area contributed by atoms with E-state index >= 15 is 0 Å². The summed E-state index contributed by atoms with van der Waals surface area (Å²) in [5.74, 6) is 0.421.